The second-order valence-corrected chi connectivity index (χ2v) is 10.5. The van der Waals surface area contributed by atoms with Crippen LogP contribution in [0.5, 0.6) is 0 Å². The largest absolute Gasteiger partial charge is 0.391 e. The Morgan fingerprint density at radius 1 is 1.03 bits per heavy atom. The molecule has 10 heteroatoms. The molecular weight excluding hydrogens is 482 g/mol. The second kappa shape index (κ2) is 11.3. The number of aliphatic hydroxyl groups is 1. The lowest BCUT2D eigenvalue weighted by atomic mass is 10.1. The molecule has 3 fully saturated rings. The van der Waals surface area contributed by atoms with Crippen LogP contribution >= 0.6 is 0 Å². The number of amides is 1. The van der Waals surface area contributed by atoms with Crippen LogP contribution in [0.4, 0.5) is 17.2 Å². The summed E-state index contributed by atoms with van der Waals surface area (Å²) in [6.07, 6.45) is 5.97. The fraction of sp³-hybridized carbons (Fsp3) is 0.536. The highest BCUT2D eigenvalue weighted by Gasteiger charge is 2.23. The van der Waals surface area contributed by atoms with Crippen LogP contribution < -0.4 is 15.1 Å². The molecule has 1 unspecified atom stereocenters. The maximum atomic E-state index is 13.4. The van der Waals surface area contributed by atoms with Gasteiger partial charge >= 0.3 is 0 Å². The SMILES string of the molecule is O=C(Nc1cc2cn(CCN3CCOCC3)nc2cc1N1CCCCC1)c1cccc(N2CCC(O)C2)n1. The van der Waals surface area contributed by atoms with Crippen LogP contribution in [0.3, 0.4) is 0 Å². The van der Waals surface area contributed by atoms with Crippen LogP contribution in [0.25, 0.3) is 10.9 Å². The van der Waals surface area contributed by atoms with E-state index in [-0.39, 0.29) is 12.0 Å². The van der Waals surface area contributed by atoms with E-state index in [0.717, 1.165) is 106 Å². The molecule has 0 radical (unpaired) electrons. The smallest absolute Gasteiger partial charge is 0.274 e. The average molecular weight is 520 g/mol. The number of hydrogen-bond donors (Lipinski definition) is 2. The number of nitrogens with zero attached hydrogens (tertiary/aromatic N) is 6. The summed E-state index contributed by atoms with van der Waals surface area (Å²) in [7, 11) is 0. The van der Waals surface area contributed by atoms with Gasteiger partial charge in [-0.25, -0.2) is 4.98 Å². The summed E-state index contributed by atoms with van der Waals surface area (Å²) in [6, 6.07) is 9.67. The molecule has 3 aliphatic heterocycles. The van der Waals surface area contributed by atoms with Gasteiger partial charge in [0.15, 0.2) is 0 Å². The first kappa shape index (κ1) is 25.1. The number of hydrogen-bond acceptors (Lipinski definition) is 8. The number of carbonyl (C=O) groups excluding carboxylic acids is 1. The third-order valence-electron chi connectivity index (χ3n) is 7.82. The van der Waals surface area contributed by atoms with Crippen molar-refractivity contribution >= 4 is 34.0 Å². The molecule has 3 aliphatic rings. The molecule has 0 bridgehead atoms. The van der Waals surface area contributed by atoms with Gasteiger partial charge in [0.1, 0.15) is 11.5 Å². The van der Waals surface area contributed by atoms with Gasteiger partial charge in [-0.05, 0) is 49.9 Å². The molecule has 202 valence electrons. The number of piperidine rings is 1. The zero-order valence-electron chi connectivity index (χ0n) is 21.9. The lowest BCUT2D eigenvalue weighted by molar-refractivity contribution is 0.0360. The summed E-state index contributed by atoms with van der Waals surface area (Å²) in [5.74, 6) is 0.492. The molecular formula is C28H37N7O3. The summed E-state index contributed by atoms with van der Waals surface area (Å²) < 4.78 is 7.48. The summed E-state index contributed by atoms with van der Waals surface area (Å²) >= 11 is 0. The second-order valence-electron chi connectivity index (χ2n) is 10.5. The maximum absolute atomic E-state index is 13.4. The van der Waals surface area contributed by atoms with Crippen LogP contribution in [0.15, 0.2) is 36.5 Å². The molecule has 2 aromatic heterocycles. The number of morpholine rings is 1. The monoisotopic (exact) mass is 519 g/mol. The highest BCUT2D eigenvalue weighted by molar-refractivity contribution is 6.06. The van der Waals surface area contributed by atoms with Crippen molar-refractivity contribution < 1.29 is 14.6 Å². The Labute approximate surface area is 223 Å². The van der Waals surface area contributed by atoms with Crippen LogP contribution in [0.1, 0.15) is 36.2 Å². The average Bonchev–Trinajstić information content (AvgIpc) is 3.58. The van der Waals surface area contributed by atoms with E-state index in [0.29, 0.717) is 12.2 Å². The lowest BCUT2D eigenvalue weighted by Crippen LogP contribution is -2.38. The molecule has 3 saturated heterocycles. The Hall–Kier alpha value is -3.21. The molecule has 1 aromatic carbocycles. The molecule has 2 N–H and O–H groups in total. The van der Waals surface area contributed by atoms with Gasteiger partial charge in [0.05, 0.1) is 42.8 Å². The fourth-order valence-electron chi connectivity index (χ4n) is 5.65. The quantitative estimate of drug-likeness (QED) is 0.492. The molecule has 0 spiro atoms. The van der Waals surface area contributed by atoms with E-state index in [1.54, 1.807) is 6.07 Å². The van der Waals surface area contributed by atoms with Gasteiger partial charge in [-0.15, -0.1) is 0 Å². The summed E-state index contributed by atoms with van der Waals surface area (Å²) in [4.78, 5) is 24.8. The molecule has 0 aliphatic carbocycles. The van der Waals surface area contributed by atoms with E-state index in [4.69, 9.17) is 9.84 Å². The number of carbonyl (C=O) groups is 1. The van der Waals surface area contributed by atoms with Crippen LogP contribution in [-0.4, -0.2) is 95.8 Å². The third-order valence-corrected chi connectivity index (χ3v) is 7.82. The highest BCUT2D eigenvalue weighted by Crippen LogP contribution is 2.33. The van der Waals surface area contributed by atoms with E-state index in [1.807, 2.05) is 21.7 Å². The minimum absolute atomic E-state index is 0.232. The van der Waals surface area contributed by atoms with Crippen molar-refractivity contribution in [3.05, 3.63) is 42.2 Å². The lowest BCUT2D eigenvalue weighted by Gasteiger charge is -2.30. The minimum Gasteiger partial charge on any atom is -0.391 e. The standard InChI is InChI=1S/C28H37N7O3/c36-22-7-10-34(20-22)27-6-4-5-23(29-27)28(37)30-25-17-21-19-35(12-11-32-13-15-38-16-14-32)31-24(21)18-26(25)33-8-2-1-3-9-33/h4-6,17-19,22,36H,1-3,7-16,20H2,(H,30,37). The van der Waals surface area contributed by atoms with Gasteiger partial charge in [-0.1, -0.05) is 6.07 Å². The van der Waals surface area contributed by atoms with E-state index >= 15 is 0 Å². The number of aliphatic hydroxyl groups excluding tert-OH is 1. The van der Waals surface area contributed by atoms with Gasteiger partial charge in [0.2, 0.25) is 0 Å². The number of rotatable bonds is 7. The predicted octanol–water partition coefficient (Wildman–Crippen LogP) is 2.58. The Morgan fingerprint density at radius 2 is 1.87 bits per heavy atom. The minimum atomic E-state index is -0.345. The van der Waals surface area contributed by atoms with Crippen LogP contribution in [-0.2, 0) is 11.3 Å². The van der Waals surface area contributed by atoms with Crippen molar-refractivity contribution in [3.63, 3.8) is 0 Å². The van der Waals surface area contributed by atoms with Gasteiger partial charge in [0.25, 0.3) is 5.91 Å². The number of aromatic nitrogens is 3. The van der Waals surface area contributed by atoms with Crippen molar-refractivity contribution in [1.29, 1.82) is 0 Å². The van der Waals surface area contributed by atoms with Crippen molar-refractivity contribution in [2.24, 2.45) is 0 Å². The first-order valence-corrected chi connectivity index (χ1v) is 13.9. The maximum Gasteiger partial charge on any atom is 0.274 e. The van der Waals surface area contributed by atoms with Gasteiger partial charge in [-0.3, -0.25) is 14.4 Å². The van der Waals surface area contributed by atoms with Crippen molar-refractivity contribution in [3.8, 4) is 0 Å². The number of anilines is 3. The van der Waals surface area contributed by atoms with E-state index in [2.05, 4.69) is 38.4 Å². The number of ether oxygens (including phenoxy) is 1. The van der Waals surface area contributed by atoms with E-state index < -0.39 is 0 Å². The van der Waals surface area contributed by atoms with Crippen LogP contribution in [0.2, 0.25) is 0 Å². The molecule has 5 heterocycles. The first-order chi connectivity index (χ1) is 18.6. The van der Waals surface area contributed by atoms with Crippen LogP contribution in [0, 0.1) is 0 Å². The van der Waals surface area contributed by atoms with Crippen molar-refractivity contribution in [2.45, 2.75) is 38.3 Å². The Bertz CT molecular complexity index is 1270. The highest BCUT2D eigenvalue weighted by atomic mass is 16.5. The third kappa shape index (κ3) is 5.62. The predicted molar refractivity (Wildman–Crippen MR) is 148 cm³/mol. The molecule has 3 aromatic rings. The molecule has 6 rings (SSSR count). The van der Waals surface area contributed by atoms with E-state index in [9.17, 15) is 9.90 Å². The fourth-order valence-corrected chi connectivity index (χ4v) is 5.65. The van der Waals surface area contributed by atoms with Crippen molar-refractivity contribution in [1.82, 2.24) is 19.7 Å². The van der Waals surface area contributed by atoms with Crippen molar-refractivity contribution in [2.75, 3.05) is 74.1 Å². The van der Waals surface area contributed by atoms with Gasteiger partial charge in [-0.2, -0.15) is 5.10 Å². The Morgan fingerprint density at radius 3 is 2.66 bits per heavy atom. The molecule has 1 atom stereocenters. The number of nitrogens with one attached hydrogen (secondary N) is 1. The normalized spacial score (nSPS) is 20.8. The van der Waals surface area contributed by atoms with Gasteiger partial charge in [0, 0.05) is 57.4 Å². The molecule has 1 amide bonds. The van der Waals surface area contributed by atoms with Gasteiger partial charge < -0.3 is 25.0 Å². The van der Waals surface area contributed by atoms with E-state index in [1.165, 1.54) is 6.42 Å². The number of β-amino-alcohol motifs (C(OH)–C–C–N with tert-alkyl or cyclic N) is 1. The Balaban J connectivity index is 1.24. The first-order valence-electron chi connectivity index (χ1n) is 13.9. The summed E-state index contributed by atoms with van der Waals surface area (Å²) in [5.41, 5.74) is 3.12. The number of benzene rings is 1. The molecule has 38 heavy (non-hydrogen) atoms. The Kier molecular flexibility index (Phi) is 7.44. The zero-order chi connectivity index (χ0) is 25.9. The summed E-state index contributed by atoms with van der Waals surface area (Å²) in [6.45, 7) is 8.49. The topological polar surface area (TPSA) is 99.0 Å². The number of fused-ring (bicyclic) bond motifs is 1. The zero-order valence-corrected chi connectivity index (χ0v) is 21.9. The number of pyridine rings is 1. The molecule has 0 saturated carbocycles. The molecule has 10 nitrogen and oxygen atoms in total. The summed E-state index contributed by atoms with van der Waals surface area (Å²) in [5, 5.41) is 19.0.